The van der Waals surface area contributed by atoms with E-state index in [0.29, 0.717) is 44.6 Å². The maximum atomic E-state index is 13.2. The first-order valence-electron chi connectivity index (χ1n) is 10.7. The van der Waals surface area contributed by atoms with Crippen LogP contribution in [0.3, 0.4) is 0 Å². The fraction of sp³-hybridized carbons (Fsp3) is 0.391. The molecule has 2 aromatic rings. The largest absolute Gasteiger partial charge is 0.312 e. The van der Waals surface area contributed by atoms with Gasteiger partial charge in [-0.25, -0.2) is 8.42 Å². The van der Waals surface area contributed by atoms with Crippen molar-refractivity contribution in [3.05, 3.63) is 53.6 Å². The zero-order valence-corrected chi connectivity index (χ0v) is 18.7. The minimum atomic E-state index is -3.54. The fourth-order valence-electron chi connectivity index (χ4n) is 4.35. The molecule has 0 radical (unpaired) electrons. The number of carbonyl (C=O) groups is 2. The quantitative estimate of drug-likeness (QED) is 0.690. The molecule has 4 rings (SSSR count). The molecule has 1 fully saturated rings. The molecule has 2 amide bonds. The van der Waals surface area contributed by atoms with E-state index in [9.17, 15) is 18.0 Å². The number of carbonyl (C=O) groups excluding carboxylic acids is 2. The van der Waals surface area contributed by atoms with Crippen molar-refractivity contribution in [2.75, 3.05) is 36.0 Å². The maximum absolute atomic E-state index is 13.2. The highest BCUT2D eigenvalue weighted by molar-refractivity contribution is 7.89. The van der Waals surface area contributed by atoms with Crippen LogP contribution in [0.1, 0.15) is 42.6 Å². The van der Waals surface area contributed by atoms with Gasteiger partial charge in [-0.3, -0.25) is 9.59 Å². The summed E-state index contributed by atoms with van der Waals surface area (Å²) in [5.41, 5.74) is 2.86. The van der Waals surface area contributed by atoms with E-state index in [1.165, 1.54) is 4.31 Å². The van der Waals surface area contributed by atoms with Crippen LogP contribution in [0.5, 0.6) is 0 Å². The zero-order chi connectivity index (χ0) is 22.2. The lowest BCUT2D eigenvalue weighted by molar-refractivity contribution is -0.117. The molecule has 0 N–H and O–H groups in total. The van der Waals surface area contributed by atoms with Crippen molar-refractivity contribution < 1.29 is 18.0 Å². The van der Waals surface area contributed by atoms with Crippen molar-refractivity contribution in [3.8, 4) is 0 Å². The van der Waals surface area contributed by atoms with Gasteiger partial charge in [-0.05, 0) is 54.8 Å². The second kappa shape index (κ2) is 8.43. The summed E-state index contributed by atoms with van der Waals surface area (Å²) in [5, 5.41) is 0. The van der Waals surface area contributed by atoms with Crippen molar-refractivity contribution in [2.45, 2.75) is 38.0 Å². The summed E-state index contributed by atoms with van der Waals surface area (Å²) in [6.07, 6.45) is 1.97. The molecule has 2 aromatic carbocycles. The van der Waals surface area contributed by atoms with Gasteiger partial charge in [0.1, 0.15) is 0 Å². The predicted octanol–water partition coefficient (Wildman–Crippen LogP) is 3.05. The Bertz CT molecular complexity index is 1130. The molecule has 2 aliphatic rings. The van der Waals surface area contributed by atoms with Gasteiger partial charge in [-0.1, -0.05) is 19.9 Å². The van der Waals surface area contributed by atoms with Crippen LogP contribution in [0.15, 0.2) is 47.4 Å². The molecule has 31 heavy (non-hydrogen) atoms. The molecule has 2 aliphatic heterocycles. The molecule has 0 spiro atoms. The van der Waals surface area contributed by atoms with Gasteiger partial charge in [0.25, 0.3) is 5.91 Å². The van der Waals surface area contributed by atoms with Gasteiger partial charge in [0.05, 0.1) is 4.90 Å². The first-order valence-corrected chi connectivity index (χ1v) is 12.2. The van der Waals surface area contributed by atoms with Crippen LogP contribution < -0.4 is 9.80 Å². The van der Waals surface area contributed by atoms with Crippen molar-refractivity contribution in [1.82, 2.24) is 4.31 Å². The van der Waals surface area contributed by atoms with E-state index >= 15 is 0 Å². The van der Waals surface area contributed by atoms with Gasteiger partial charge < -0.3 is 9.80 Å². The molecule has 0 aliphatic carbocycles. The number of sulfonamides is 1. The van der Waals surface area contributed by atoms with Gasteiger partial charge in [0, 0.05) is 49.5 Å². The van der Waals surface area contributed by atoms with Crippen LogP contribution in [0.25, 0.3) is 0 Å². The van der Waals surface area contributed by atoms with Crippen LogP contribution in [-0.2, 0) is 21.2 Å². The van der Waals surface area contributed by atoms with E-state index in [1.807, 2.05) is 19.9 Å². The van der Waals surface area contributed by atoms with Gasteiger partial charge in [-0.15, -0.1) is 0 Å². The van der Waals surface area contributed by atoms with E-state index in [2.05, 4.69) is 0 Å². The fourth-order valence-corrected chi connectivity index (χ4v) is 5.86. The number of benzene rings is 2. The van der Waals surface area contributed by atoms with Crippen LogP contribution >= 0.6 is 0 Å². The molecule has 0 unspecified atom stereocenters. The Morgan fingerprint density at radius 3 is 2.48 bits per heavy atom. The molecule has 164 valence electrons. The van der Waals surface area contributed by atoms with Gasteiger partial charge >= 0.3 is 0 Å². The van der Waals surface area contributed by atoms with Crippen LogP contribution in [0.2, 0.25) is 0 Å². The minimum Gasteiger partial charge on any atom is -0.312 e. The van der Waals surface area contributed by atoms with E-state index < -0.39 is 10.0 Å². The Labute approximate surface area is 183 Å². The van der Waals surface area contributed by atoms with Crippen molar-refractivity contribution in [3.63, 3.8) is 0 Å². The third kappa shape index (κ3) is 3.85. The molecule has 0 saturated carbocycles. The second-order valence-electron chi connectivity index (χ2n) is 7.79. The Kier molecular flexibility index (Phi) is 5.85. The van der Waals surface area contributed by atoms with E-state index in [1.54, 1.807) is 46.2 Å². The number of hydrogen-bond donors (Lipinski definition) is 0. The standard InChI is InChI=1S/C23H27N3O4S/c1-3-24(4-2)31(29,30)20-10-11-21-17(16-20)12-14-26(21)23(28)18-7-5-8-19(15-18)25-13-6-9-22(25)27/h5,7-8,10-11,15-16H,3-4,6,9,12-14H2,1-2H3. The van der Waals surface area contributed by atoms with E-state index in [0.717, 1.165) is 23.4 Å². The Morgan fingerprint density at radius 1 is 1.03 bits per heavy atom. The second-order valence-corrected chi connectivity index (χ2v) is 9.72. The monoisotopic (exact) mass is 441 g/mol. The molecule has 0 aromatic heterocycles. The van der Waals surface area contributed by atoms with Crippen molar-refractivity contribution in [1.29, 1.82) is 0 Å². The SMILES string of the molecule is CCN(CC)S(=O)(=O)c1ccc2c(c1)CCN2C(=O)c1cccc(N2CCCC2=O)c1. The summed E-state index contributed by atoms with van der Waals surface area (Å²) in [6.45, 7) is 5.63. The van der Waals surface area contributed by atoms with Crippen LogP contribution in [-0.4, -0.2) is 50.7 Å². The third-order valence-corrected chi connectivity index (χ3v) is 8.06. The highest BCUT2D eigenvalue weighted by Gasteiger charge is 2.30. The third-order valence-electron chi connectivity index (χ3n) is 6.01. The summed E-state index contributed by atoms with van der Waals surface area (Å²) in [5.74, 6) is -0.0651. The molecule has 0 bridgehead atoms. The summed E-state index contributed by atoms with van der Waals surface area (Å²) >= 11 is 0. The Balaban J connectivity index is 1.60. The first kappa shape index (κ1) is 21.5. The van der Waals surface area contributed by atoms with Gasteiger partial charge in [0.15, 0.2) is 0 Å². The van der Waals surface area contributed by atoms with Gasteiger partial charge in [0.2, 0.25) is 15.9 Å². The Morgan fingerprint density at radius 2 is 1.81 bits per heavy atom. The van der Waals surface area contributed by atoms with Crippen LogP contribution in [0, 0.1) is 0 Å². The molecular formula is C23H27N3O4S. The van der Waals surface area contributed by atoms with Crippen molar-refractivity contribution in [2.24, 2.45) is 0 Å². The van der Waals surface area contributed by atoms with E-state index in [-0.39, 0.29) is 16.7 Å². The average Bonchev–Trinajstić information content (AvgIpc) is 3.39. The normalized spacial score (nSPS) is 16.3. The molecule has 7 nitrogen and oxygen atoms in total. The lowest BCUT2D eigenvalue weighted by Gasteiger charge is -2.21. The lowest BCUT2D eigenvalue weighted by atomic mass is 10.1. The molecule has 1 saturated heterocycles. The Hall–Kier alpha value is -2.71. The minimum absolute atomic E-state index is 0.0815. The summed E-state index contributed by atoms with van der Waals surface area (Å²) < 4.78 is 27.1. The van der Waals surface area contributed by atoms with Crippen LogP contribution in [0.4, 0.5) is 11.4 Å². The number of nitrogens with zero attached hydrogens (tertiary/aromatic N) is 3. The molecule has 8 heteroatoms. The molecular weight excluding hydrogens is 414 g/mol. The summed E-state index contributed by atoms with van der Waals surface area (Å²) in [7, 11) is -3.54. The van der Waals surface area contributed by atoms with E-state index in [4.69, 9.17) is 0 Å². The topological polar surface area (TPSA) is 78.0 Å². The maximum Gasteiger partial charge on any atom is 0.258 e. The van der Waals surface area contributed by atoms with Gasteiger partial charge in [-0.2, -0.15) is 4.31 Å². The number of hydrogen-bond acceptors (Lipinski definition) is 4. The van der Waals surface area contributed by atoms with Crippen molar-refractivity contribution >= 4 is 33.2 Å². The predicted molar refractivity (Wildman–Crippen MR) is 120 cm³/mol. The average molecular weight is 442 g/mol. The molecule has 0 atom stereocenters. The summed E-state index contributed by atoms with van der Waals surface area (Å²) in [6, 6.07) is 12.2. The first-order chi connectivity index (χ1) is 14.9. The lowest BCUT2D eigenvalue weighted by Crippen LogP contribution is -2.31. The number of anilines is 2. The highest BCUT2D eigenvalue weighted by atomic mass is 32.2. The highest BCUT2D eigenvalue weighted by Crippen LogP contribution is 2.33. The number of fused-ring (bicyclic) bond motifs is 1. The number of amides is 2. The summed E-state index contributed by atoms with van der Waals surface area (Å²) in [4.78, 5) is 29.0. The molecule has 2 heterocycles. The number of rotatable bonds is 6. The smallest absolute Gasteiger partial charge is 0.258 e. The zero-order valence-electron chi connectivity index (χ0n) is 17.9.